The number of hydrogen-bond acceptors (Lipinski definition) is 4. The van der Waals surface area contributed by atoms with Crippen LogP contribution in [0.3, 0.4) is 0 Å². The van der Waals surface area contributed by atoms with Gasteiger partial charge in [0.15, 0.2) is 0 Å². The summed E-state index contributed by atoms with van der Waals surface area (Å²) in [6.07, 6.45) is 0. The second kappa shape index (κ2) is 6.08. The van der Waals surface area contributed by atoms with Crippen LogP contribution in [0.1, 0.15) is 13.8 Å². The molecule has 1 amide bonds. The van der Waals surface area contributed by atoms with Gasteiger partial charge in [-0.3, -0.25) is 4.79 Å². The van der Waals surface area contributed by atoms with Crippen molar-refractivity contribution in [3.63, 3.8) is 0 Å². The molecule has 116 valence electrons. The van der Waals surface area contributed by atoms with E-state index in [1.165, 1.54) is 23.4 Å². The van der Waals surface area contributed by atoms with E-state index in [2.05, 4.69) is 10.6 Å². The van der Waals surface area contributed by atoms with Crippen molar-refractivity contribution < 1.29 is 17.6 Å². The first-order chi connectivity index (χ1) is 9.82. The van der Waals surface area contributed by atoms with Gasteiger partial charge in [0.05, 0.1) is 0 Å². The molecule has 6 nitrogen and oxygen atoms in total. The van der Waals surface area contributed by atoms with Crippen LogP contribution in [0.4, 0.5) is 10.1 Å². The second-order valence-corrected chi connectivity index (χ2v) is 6.85. The average Bonchev–Trinajstić information content (AvgIpc) is 2.37. The Hall–Kier alpha value is -1.51. The minimum absolute atomic E-state index is 0.229. The van der Waals surface area contributed by atoms with Gasteiger partial charge in [-0.15, -0.1) is 0 Å². The highest BCUT2D eigenvalue weighted by Gasteiger charge is 2.32. The summed E-state index contributed by atoms with van der Waals surface area (Å²) in [6, 6.07) is 3.34. The van der Waals surface area contributed by atoms with Crippen LogP contribution < -0.4 is 10.6 Å². The molecule has 1 aliphatic heterocycles. The number of carbonyl (C=O) groups is 1. The summed E-state index contributed by atoms with van der Waals surface area (Å²) in [5.74, 6) is -1.22. The predicted molar refractivity (Wildman–Crippen MR) is 76.9 cm³/mol. The van der Waals surface area contributed by atoms with Crippen LogP contribution in [-0.2, 0) is 14.8 Å². The number of hydrogen-bond donors (Lipinski definition) is 2. The van der Waals surface area contributed by atoms with E-state index < -0.39 is 15.8 Å². The van der Waals surface area contributed by atoms with Gasteiger partial charge in [0.1, 0.15) is 10.7 Å². The lowest BCUT2D eigenvalue weighted by atomic mass is 10.3. The summed E-state index contributed by atoms with van der Waals surface area (Å²) in [6.45, 7) is 4.44. The van der Waals surface area contributed by atoms with Gasteiger partial charge in [-0.25, -0.2) is 12.8 Å². The van der Waals surface area contributed by atoms with Crippen molar-refractivity contribution >= 4 is 21.6 Å². The smallest absolute Gasteiger partial charge is 0.246 e. The van der Waals surface area contributed by atoms with Gasteiger partial charge < -0.3 is 10.6 Å². The van der Waals surface area contributed by atoms with E-state index in [-0.39, 0.29) is 22.5 Å². The topological polar surface area (TPSA) is 78.5 Å². The molecule has 2 N–H and O–H groups in total. The fraction of sp³-hybridized carbons (Fsp3) is 0.462. The number of carbonyl (C=O) groups excluding carboxylic acids is 1. The van der Waals surface area contributed by atoms with E-state index >= 15 is 0 Å². The number of piperazine rings is 1. The first-order valence-corrected chi connectivity index (χ1v) is 8.06. The number of halogens is 1. The van der Waals surface area contributed by atoms with Gasteiger partial charge in [-0.1, -0.05) is 0 Å². The SMILES string of the molecule is CC(=O)Nc1ccc(S(=O)(=O)N2CCNC[C@@H]2C)c(F)c1. The molecule has 1 heterocycles. The number of benzene rings is 1. The monoisotopic (exact) mass is 315 g/mol. The Morgan fingerprint density at radius 2 is 2.19 bits per heavy atom. The van der Waals surface area contributed by atoms with E-state index in [0.717, 1.165) is 6.07 Å². The molecule has 1 saturated heterocycles. The predicted octanol–water partition coefficient (Wildman–Crippen LogP) is 0.766. The number of amides is 1. The molecule has 0 bridgehead atoms. The lowest BCUT2D eigenvalue weighted by Gasteiger charge is -2.32. The Labute approximate surface area is 123 Å². The zero-order valence-electron chi connectivity index (χ0n) is 11.9. The van der Waals surface area contributed by atoms with Crippen LogP contribution in [0.5, 0.6) is 0 Å². The summed E-state index contributed by atoms with van der Waals surface area (Å²) in [7, 11) is -3.88. The van der Waals surface area contributed by atoms with Gasteiger partial charge in [0.2, 0.25) is 15.9 Å². The zero-order valence-corrected chi connectivity index (χ0v) is 12.7. The Morgan fingerprint density at radius 1 is 1.48 bits per heavy atom. The number of nitrogens with one attached hydrogen (secondary N) is 2. The molecule has 8 heteroatoms. The third-order valence-corrected chi connectivity index (χ3v) is 5.33. The number of anilines is 1. The molecule has 2 rings (SSSR count). The Bertz CT molecular complexity index is 648. The fourth-order valence-corrected chi connectivity index (χ4v) is 3.97. The quantitative estimate of drug-likeness (QED) is 0.863. The standard InChI is InChI=1S/C13H18FN3O3S/c1-9-8-15-5-6-17(9)21(19,20)13-4-3-11(7-12(13)14)16-10(2)18/h3-4,7,9,15H,5-6,8H2,1-2H3,(H,16,18)/t9-/m0/s1. The van der Waals surface area contributed by atoms with Crippen molar-refractivity contribution in [2.24, 2.45) is 0 Å². The summed E-state index contributed by atoms with van der Waals surface area (Å²) in [5.41, 5.74) is 0.229. The van der Waals surface area contributed by atoms with Crippen LogP contribution in [0, 0.1) is 5.82 Å². The molecule has 1 fully saturated rings. The molecule has 1 aromatic carbocycles. The van der Waals surface area contributed by atoms with Crippen LogP contribution in [0.25, 0.3) is 0 Å². The van der Waals surface area contributed by atoms with Crippen LogP contribution in [0.2, 0.25) is 0 Å². The summed E-state index contributed by atoms with van der Waals surface area (Å²) in [4.78, 5) is 10.6. The van der Waals surface area contributed by atoms with Gasteiger partial charge >= 0.3 is 0 Å². The molecule has 0 radical (unpaired) electrons. The van der Waals surface area contributed by atoms with Gasteiger partial charge in [0.25, 0.3) is 0 Å². The van der Waals surface area contributed by atoms with Crippen LogP contribution in [0.15, 0.2) is 23.1 Å². The van der Waals surface area contributed by atoms with Crippen molar-refractivity contribution in [3.8, 4) is 0 Å². The van der Waals surface area contributed by atoms with Gasteiger partial charge in [-0.2, -0.15) is 4.31 Å². The molecule has 1 atom stereocenters. The van der Waals surface area contributed by atoms with E-state index in [1.54, 1.807) is 6.92 Å². The van der Waals surface area contributed by atoms with Crippen molar-refractivity contribution in [3.05, 3.63) is 24.0 Å². The fourth-order valence-electron chi connectivity index (χ4n) is 2.30. The zero-order chi connectivity index (χ0) is 15.6. The van der Waals surface area contributed by atoms with Crippen molar-refractivity contribution in [1.82, 2.24) is 9.62 Å². The van der Waals surface area contributed by atoms with E-state index in [9.17, 15) is 17.6 Å². The van der Waals surface area contributed by atoms with Crippen LogP contribution in [-0.4, -0.2) is 44.3 Å². The lowest BCUT2D eigenvalue weighted by Crippen LogP contribution is -2.52. The first kappa shape index (κ1) is 15.9. The van der Waals surface area contributed by atoms with Crippen molar-refractivity contribution in [1.29, 1.82) is 0 Å². The highest BCUT2D eigenvalue weighted by atomic mass is 32.2. The third kappa shape index (κ3) is 3.39. The molecule has 1 aliphatic rings. The maximum Gasteiger partial charge on any atom is 0.246 e. The maximum atomic E-state index is 14.1. The van der Waals surface area contributed by atoms with Crippen molar-refractivity contribution in [2.45, 2.75) is 24.8 Å². The Morgan fingerprint density at radius 3 is 2.76 bits per heavy atom. The van der Waals surface area contributed by atoms with Gasteiger partial charge in [-0.05, 0) is 25.1 Å². The van der Waals surface area contributed by atoms with E-state index in [1.807, 2.05) is 0 Å². The van der Waals surface area contributed by atoms with E-state index in [4.69, 9.17) is 0 Å². The highest BCUT2D eigenvalue weighted by molar-refractivity contribution is 7.89. The number of sulfonamides is 1. The minimum atomic E-state index is -3.88. The largest absolute Gasteiger partial charge is 0.326 e. The molecule has 1 aromatic rings. The molecular formula is C13H18FN3O3S. The number of nitrogens with zero attached hydrogens (tertiary/aromatic N) is 1. The molecule has 0 spiro atoms. The maximum absolute atomic E-state index is 14.1. The average molecular weight is 315 g/mol. The van der Waals surface area contributed by atoms with Crippen molar-refractivity contribution in [2.75, 3.05) is 25.0 Å². The molecule has 21 heavy (non-hydrogen) atoms. The molecule has 0 unspecified atom stereocenters. The van der Waals surface area contributed by atoms with Gasteiger partial charge in [0, 0.05) is 38.3 Å². The normalized spacial score (nSPS) is 20.2. The lowest BCUT2D eigenvalue weighted by molar-refractivity contribution is -0.114. The summed E-state index contributed by atoms with van der Waals surface area (Å²) < 4.78 is 40.4. The Kier molecular flexibility index (Phi) is 4.60. The summed E-state index contributed by atoms with van der Waals surface area (Å²) >= 11 is 0. The highest BCUT2D eigenvalue weighted by Crippen LogP contribution is 2.24. The molecular weight excluding hydrogens is 297 g/mol. The first-order valence-electron chi connectivity index (χ1n) is 6.62. The van der Waals surface area contributed by atoms with Crippen LogP contribution >= 0.6 is 0 Å². The molecule has 0 saturated carbocycles. The molecule has 0 aliphatic carbocycles. The third-order valence-electron chi connectivity index (χ3n) is 3.28. The molecule has 0 aromatic heterocycles. The van der Waals surface area contributed by atoms with E-state index in [0.29, 0.717) is 19.6 Å². The number of rotatable bonds is 3. The second-order valence-electron chi connectivity index (χ2n) is 5.00. The Balaban J connectivity index is 2.34. The minimum Gasteiger partial charge on any atom is -0.326 e. The summed E-state index contributed by atoms with van der Waals surface area (Å²) in [5, 5.41) is 5.50.